The molecule has 0 radical (unpaired) electrons. The zero-order valence-corrected chi connectivity index (χ0v) is 10.7. The summed E-state index contributed by atoms with van der Waals surface area (Å²) in [6, 6.07) is 1.78. The number of aryl methyl sites for hydroxylation is 1. The molecule has 100 valence electrons. The van der Waals surface area contributed by atoms with Gasteiger partial charge in [0.15, 0.2) is 0 Å². The standard InChI is InChI=1S/C12H19N3O3/c1-3-12(4-2,11(17)18)14-10(16)6-9-15-8-5-7-13-15/h5,7-8H,3-4,6,9H2,1-2H3,(H,14,16)(H,17,18). The summed E-state index contributed by atoms with van der Waals surface area (Å²) in [6.45, 7) is 3.96. The van der Waals surface area contributed by atoms with E-state index in [1.807, 2.05) is 0 Å². The van der Waals surface area contributed by atoms with Crippen molar-refractivity contribution < 1.29 is 14.7 Å². The molecular weight excluding hydrogens is 234 g/mol. The molecule has 1 aromatic heterocycles. The minimum absolute atomic E-state index is 0.219. The minimum Gasteiger partial charge on any atom is -0.480 e. The van der Waals surface area contributed by atoms with Crippen LogP contribution in [0.25, 0.3) is 0 Å². The lowest BCUT2D eigenvalue weighted by molar-refractivity contribution is -0.148. The molecule has 1 amide bonds. The van der Waals surface area contributed by atoms with Crippen molar-refractivity contribution in [2.75, 3.05) is 0 Å². The fourth-order valence-corrected chi connectivity index (χ4v) is 1.76. The normalized spacial score (nSPS) is 11.2. The van der Waals surface area contributed by atoms with Crippen molar-refractivity contribution in [1.82, 2.24) is 15.1 Å². The van der Waals surface area contributed by atoms with Crippen LogP contribution in [-0.2, 0) is 16.1 Å². The number of carbonyl (C=O) groups excluding carboxylic acids is 1. The largest absolute Gasteiger partial charge is 0.480 e. The molecule has 2 N–H and O–H groups in total. The van der Waals surface area contributed by atoms with E-state index in [0.717, 1.165) is 0 Å². The predicted octanol–water partition coefficient (Wildman–Crippen LogP) is 1.03. The molecule has 1 aromatic rings. The Morgan fingerprint density at radius 3 is 2.50 bits per heavy atom. The number of aliphatic carboxylic acids is 1. The number of hydrogen-bond donors (Lipinski definition) is 2. The SMILES string of the molecule is CCC(CC)(NC(=O)CCn1cccn1)C(=O)O. The van der Waals surface area contributed by atoms with Crippen molar-refractivity contribution in [3.8, 4) is 0 Å². The molecule has 0 bridgehead atoms. The van der Waals surface area contributed by atoms with Gasteiger partial charge in [-0.1, -0.05) is 13.8 Å². The summed E-state index contributed by atoms with van der Waals surface area (Å²) >= 11 is 0. The second kappa shape index (κ2) is 6.18. The molecule has 6 nitrogen and oxygen atoms in total. The van der Waals surface area contributed by atoms with Gasteiger partial charge in [0.25, 0.3) is 0 Å². The van der Waals surface area contributed by atoms with Gasteiger partial charge in [-0.05, 0) is 18.9 Å². The van der Waals surface area contributed by atoms with E-state index in [4.69, 9.17) is 0 Å². The van der Waals surface area contributed by atoms with Gasteiger partial charge >= 0.3 is 5.97 Å². The maximum absolute atomic E-state index is 11.8. The van der Waals surface area contributed by atoms with Crippen LogP contribution < -0.4 is 5.32 Å². The number of carbonyl (C=O) groups is 2. The number of nitrogens with zero attached hydrogens (tertiary/aromatic N) is 2. The first-order valence-corrected chi connectivity index (χ1v) is 6.06. The summed E-state index contributed by atoms with van der Waals surface area (Å²) < 4.78 is 1.64. The van der Waals surface area contributed by atoms with Gasteiger partial charge in [0.05, 0.1) is 0 Å². The first-order chi connectivity index (χ1) is 8.54. The fourth-order valence-electron chi connectivity index (χ4n) is 1.76. The molecule has 0 aliphatic carbocycles. The van der Waals surface area contributed by atoms with Crippen molar-refractivity contribution in [2.45, 2.75) is 45.2 Å². The van der Waals surface area contributed by atoms with Gasteiger partial charge in [0.1, 0.15) is 5.54 Å². The third-order valence-electron chi connectivity index (χ3n) is 3.12. The van der Waals surface area contributed by atoms with Crippen molar-refractivity contribution >= 4 is 11.9 Å². The van der Waals surface area contributed by atoms with E-state index < -0.39 is 11.5 Å². The Labute approximate surface area is 106 Å². The van der Waals surface area contributed by atoms with Crippen LogP contribution >= 0.6 is 0 Å². The lowest BCUT2D eigenvalue weighted by Gasteiger charge is -2.28. The van der Waals surface area contributed by atoms with E-state index in [1.54, 1.807) is 37.0 Å². The number of carboxylic acid groups (broad SMARTS) is 1. The highest BCUT2D eigenvalue weighted by atomic mass is 16.4. The number of amides is 1. The van der Waals surface area contributed by atoms with Crippen LogP contribution in [0.3, 0.4) is 0 Å². The molecule has 0 atom stereocenters. The number of rotatable bonds is 7. The molecule has 6 heteroatoms. The zero-order chi connectivity index (χ0) is 13.6. The average molecular weight is 253 g/mol. The van der Waals surface area contributed by atoms with Crippen LogP contribution in [-0.4, -0.2) is 32.3 Å². The van der Waals surface area contributed by atoms with Crippen molar-refractivity contribution in [2.24, 2.45) is 0 Å². The van der Waals surface area contributed by atoms with Crippen LogP contribution in [0.1, 0.15) is 33.1 Å². The molecule has 0 spiro atoms. The molecule has 0 saturated carbocycles. The molecule has 1 heterocycles. The van der Waals surface area contributed by atoms with Gasteiger partial charge in [0.2, 0.25) is 5.91 Å². The van der Waals surface area contributed by atoms with Gasteiger partial charge in [-0.2, -0.15) is 5.10 Å². The topological polar surface area (TPSA) is 84.2 Å². The Hall–Kier alpha value is -1.85. The van der Waals surface area contributed by atoms with Crippen molar-refractivity contribution in [3.63, 3.8) is 0 Å². The third kappa shape index (κ3) is 3.32. The van der Waals surface area contributed by atoms with Crippen molar-refractivity contribution in [1.29, 1.82) is 0 Å². The monoisotopic (exact) mass is 253 g/mol. The Morgan fingerprint density at radius 1 is 1.39 bits per heavy atom. The number of carboxylic acids is 1. The fraction of sp³-hybridized carbons (Fsp3) is 0.583. The highest BCUT2D eigenvalue weighted by molar-refractivity contribution is 5.86. The van der Waals surface area contributed by atoms with E-state index in [0.29, 0.717) is 19.4 Å². The summed E-state index contributed by atoms with van der Waals surface area (Å²) in [5.41, 5.74) is -1.15. The van der Waals surface area contributed by atoms with Gasteiger partial charge in [-0.15, -0.1) is 0 Å². The molecule has 0 fully saturated rings. The predicted molar refractivity (Wildman–Crippen MR) is 65.9 cm³/mol. The second-order valence-corrected chi connectivity index (χ2v) is 4.16. The smallest absolute Gasteiger partial charge is 0.329 e. The summed E-state index contributed by atoms with van der Waals surface area (Å²) in [5, 5.41) is 15.8. The number of nitrogens with one attached hydrogen (secondary N) is 1. The van der Waals surface area contributed by atoms with Crippen LogP contribution in [0.2, 0.25) is 0 Å². The number of hydrogen-bond acceptors (Lipinski definition) is 3. The van der Waals surface area contributed by atoms with E-state index >= 15 is 0 Å². The van der Waals surface area contributed by atoms with Gasteiger partial charge in [-0.3, -0.25) is 9.48 Å². The Morgan fingerprint density at radius 2 is 2.06 bits per heavy atom. The molecule has 0 saturated heterocycles. The maximum Gasteiger partial charge on any atom is 0.329 e. The van der Waals surface area contributed by atoms with Crippen molar-refractivity contribution in [3.05, 3.63) is 18.5 Å². The minimum atomic E-state index is -1.15. The quantitative estimate of drug-likeness (QED) is 0.760. The lowest BCUT2D eigenvalue weighted by Crippen LogP contribution is -2.53. The van der Waals surface area contributed by atoms with E-state index in [1.165, 1.54) is 0 Å². The van der Waals surface area contributed by atoms with Gasteiger partial charge in [-0.25, -0.2) is 4.79 Å². The van der Waals surface area contributed by atoms with Crippen LogP contribution in [0, 0.1) is 0 Å². The van der Waals surface area contributed by atoms with E-state index in [2.05, 4.69) is 10.4 Å². The molecule has 0 unspecified atom stereocenters. The van der Waals surface area contributed by atoms with Gasteiger partial charge < -0.3 is 10.4 Å². The van der Waals surface area contributed by atoms with E-state index in [-0.39, 0.29) is 12.3 Å². The Kier molecular flexibility index (Phi) is 4.88. The molecule has 18 heavy (non-hydrogen) atoms. The van der Waals surface area contributed by atoms with Crippen LogP contribution in [0.5, 0.6) is 0 Å². The molecular formula is C12H19N3O3. The third-order valence-corrected chi connectivity index (χ3v) is 3.12. The lowest BCUT2D eigenvalue weighted by atomic mass is 9.93. The first-order valence-electron chi connectivity index (χ1n) is 6.06. The second-order valence-electron chi connectivity index (χ2n) is 4.16. The summed E-state index contributed by atoms with van der Waals surface area (Å²) in [6.07, 6.45) is 4.35. The van der Waals surface area contributed by atoms with E-state index in [9.17, 15) is 14.7 Å². The molecule has 0 aliphatic rings. The first kappa shape index (κ1) is 14.2. The average Bonchev–Trinajstić information content (AvgIpc) is 2.86. The highest BCUT2D eigenvalue weighted by Crippen LogP contribution is 2.15. The van der Waals surface area contributed by atoms with Gasteiger partial charge in [0, 0.05) is 25.4 Å². The molecule has 0 aromatic carbocycles. The molecule has 0 aliphatic heterocycles. The summed E-state index contributed by atoms with van der Waals surface area (Å²) in [5.74, 6) is -1.25. The Bertz CT molecular complexity index is 397. The van der Waals surface area contributed by atoms with Crippen LogP contribution in [0.4, 0.5) is 0 Å². The maximum atomic E-state index is 11.8. The van der Waals surface area contributed by atoms with Crippen LogP contribution in [0.15, 0.2) is 18.5 Å². The summed E-state index contributed by atoms with van der Waals surface area (Å²) in [7, 11) is 0. The zero-order valence-electron chi connectivity index (χ0n) is 10.7. The molecule has 1 rings (SSSR count). The Balaban J connectivity index is 2.54. The number of aromatic nitrogens is 2. The highest BCUT2D eigenvalue weighted by Gasteiger charge is 2.36. The summed E-state index contributed by atoms with van der Waals surface area (Å²) in [4.78, 5) is 23.0.